The van der Waals surface area contributed by atoms with Gasteiger partial charge in [0, 0.05) is 18.9 Å². The largest absolute Gasteiger partial charge is 0.478 e. The number of anilines is 1. The number of pyridine rings is 1. The maximum atomic E-state index is 11.9. The third-order valence-corrected chi connectivity index (χ3v) is 3.12. The molecule has 0 spiro atoms. The molecule has 0 bridgehead atoms. The lowest BCUT2D eigenvalue weighted by Crippen LogP contribution is -2.37. The predicted molar refractivity (Wildman–Crippen MR) is 71.3 cm³/mol. The van der Waals surface area contributed by atoms with Gasteiger partial charge < -0.3 is 14.8 Å². The fourth-order valence-corrected chi connectivity index (χ4v) is 2.16. The van der Waals surface area contributed by atoms with Crippen LogP contribution in [-0.4, -0.2) is 30.7 Å². The van der Waals surface area contributed by atoms with E-state index < -0.39 is 6.10 Å². The van der Waals surface area contributed by atoms with E-state index in [1.807, 2.05) is 24.3 Å². The average Bonchev–Trinajstić information content (AvgIpc) is 2.45. The molecule has 1 aliphatic heterocycles. The number of nitrogens with zero attached hydrogens (tertiary/aromatic N) is 1. The number of amides is 1. The fourth-order valence-electron chi connectivity index (χ4n) is 2.16. The number of para-hydroxylation sites is 1. The summed E-state index contributed by atoms with van der Waals surface area (Å²) in [6, 6.07) is 7.70. The summed E-state index contributed by atoms with van der Waals surface area (Å²) in [6.07, 6.45) is 1.64. The average molecular weight is 258 g/mol. The predicted octanol–water partition coefficient (Wildman–Crippen LogP) is 1.97. The molecular formula is C14H14N2O3. The minimum Gasteiger partial charge on any atom is -0.478 e. The maximum absolute atomic E-state index is 11.9. The van der Waals surface area contributed by atoms with E-state index in [0.29, 0.717) is 24.5 Å². The van der Waals surface area contributed by atoms with E-state index >= 15 is 0 Å². The first-order chi connectivity index (χ1) is 9.29. The Labute approximate surface area is 110 Å². The molecule has 1 atom stereocenters. The van der Waals surface area contributed by atoms with Crippen LogP contribution in [0.3, 0.4) is 0 Å². The van der Waals surface area contributed by atoms with Gasteiger partial charge in [0.15, 0.2) is 11.9 Å². The van der Waals surface area contributed by atoms with E-state index in [1.54, 1.807) is 13.3 Å². The highest BCUT2D eigenvalue weighted by Gasteiger charge is 2.28. The minimum absolute atomic E-state index is 0.151. The first-order valence-corrected chi connectivity index (χ1v) is 6.14. The molecule has 0 radical (unpaired) electrons. The molecule has 0 saturated carbocycles. The topological polar surface area (TPSA) is 60.5 Å². The van der Waals surface area contributed by atoms with Crippen LogP contribution in [0.15, 0.2) is 30.5 Å². The van der Waals surface area contributed by atoms with E-state index in [1.165, 1.54) is 0 Å². The van der Waals surface area contributed by atoms with Crippen molar-refractivity contribution in [3.8, 4) is 5.75 Å². The first-order valence-electron chi connectivity index (χ1n) is 6.14. The number of ether oxygens (including phenoxy) is 2. The number of carbonyl (C=O) groups is 1. The summed E-state index contributed by atoms with van der Waals surface area (Å²) in [4.78, 5) is 16.2. The van der Waals surface area contributed by atoms with Gasteiger partial charge in [-0.3, -0.25) is 9.78 Å². The van der Waals surface area contributed by atoms with Crippen LogP contribution in [0.4, 0.5) is 5.69 Å². The van der Waals surface area contributed by atoms with E-state index in [2.05, 4.69) is 10.3 Å². The molecule has 1 unspecified atom stereocenters. The molecule has 1 aromatic heterocycles. The van der Waals surface area contributed by atoms with Gasteiger partial charge in [-0.2, -0.15) is 0 Å². The van der Waals surface area contributed by atoms with Crippen LogP contribution in [0.1, 0.15) is 6.42 Å². The lowest BCUT2D eigenvalue weighted by atomic mass is 10.1. The summed E-state index contributed by atoms with van der Waals surface area (Å²) in [5.41, 5.74) is 1.47. The Balaban J connectivity index is 2.01. The van der Waals surface area contributed by atoms with Crippen molar-refractivity contribution in [3.63, 3.8) is 0 Å². The monoisotopic (exact) mass is 258 g/mol. The highest BCUT2D eigenvalue weighted by molar-refractivity contribution is 6.02. The Bertz CT molecular complexity index is 627. The second-order valence-electron chi connectivity index (χ2n) is 4.40. The number of benzene rings is 1. The first kappa shape index (κ1) is 11.9. The number of fused-ring (bicyclic) bond motifs is 3. The van der Waals surface area contributed by atoms with Gasteiger partial charge in [0.25, 0.3) is 5.91 Å². The zero-order chi connectivity index (χ0) is 13.2. The van der Waals surface area contributed by atoms with Crippen molar-refractivity contribution in [2.75, 3.05) is 19.0 Å². The molecule has 5 nitrogen and oxygen atoms in total. The van der Waals surface area contributed by atoms with Gasteiger partial charge in [-0.1, -0.05) is 12.1 Å². The summed E-state index contributed by atoms with van der Waals surface area (Å²) in [5, 5.41) is 3.73. The fraction of sp³-hybridized carbons (Fsp3) is 0.286. The summed E-state index contributed by atoms with van der Waals surface area (Å²) in [5.74, 6) is 0.535. The van der Waals surface area contributed by atoms with Crippen molar-refractivity contribution in [1.29, 1.82) is 0 Å². The lowest BCUT2D eigenvalue weighted by Gasteiger charge is -2.26. The zero-order valence-corrected chi connectivity index (χ0v) is 10.6. The van der Waals surface area contributed by atoms with Gasteiger partial charge in [-0.05, 0) is 12.1 Å². The van der Waals surface area contributed by atoms with Crippen LogP contribution in [0.25, 0.3) is 10.9 Å². The van der Waals surface area contributed by atoms with Crippen LogP contribution in [0.2, 0.25) is 0 Å². The highest BCUT2D eigenvalue weighted by atomic mass is 16.5. The van der Waals surface area contributed by atoms with Crippen molar-refractivity contribution >= 4 is 22.5 Å². The summed E-state index contributed by atoms with van der Waals surface area (Å²) >= 11 is 0. The Kier molecular flexibility index (Phi) is 3.05. The van der Waals surface area contributed by atoms with Crippen molar-refractivity contribution in [2.24, 2.45) is 0 Å². The molecule has 1 amide bonds. The zero-order valence-electron chi connectivity index (χ0n) is 10.6. The summed E-state index contributed by atoms with van der Waals surface area (Å²) in [6.45, 7) is 0.483. The third-order valence-electron chi connectivity index (χ3n) is 3.12. The number of nitrogens with one attached hydrogen (secondary N) is 1. The molecule has 5 heteroatoms. The van der Waals surface area contributed by atoms with Crippen LogP contribution in [0.5, 0.6) is 5.75 Å². The lowest BCUT2D eigenvalue weighted by molar-refractivity contribution is -0.124. The third kappa shape index (κ3) is 2.13. The molecular weight excluding hydrogens is 244 g/mol. The van der Waals surface area contributed by atoms with Gasteiger partial charge in [-0.25, -0.2) is 0 Å². The van der Waals surface area contributed by atoms with Crippen molar-refractivity contribution in [1.82, 2.24) is 4.98 Å². The summed E-state index contributed by atoms with van der Waals surface area (Å²) < 4.78 is 10.8. The Hall–Kier alpha value is -2.14. The molecule has 3 rings (SSSR count). The Morgan fingerprint density at radius 1 is 1.42 bits per heavy atom. The molecule has 2 aromatic rings. The van der Waals surface area contributed by atoms with Gasteiger partial charge in [0.2, 0.25) is 0 Å². The molecule has 0 saturated heterocycles. The molecule has 1 N–H and O–H groups in total. The quantitative estimate of drug-likeness (QED) is 0.914. The standard InChI is InChI=1S/C14H14N2O3/c1-18-7-6-12-14(17)16-11-8-15-10-5-3-2-4-9(10)13(11)19-12/h2-5,8,12H,6-7H2,1H3,(H,16,17). The Morgan fingerprint density at radius 3 is 3.11 bits per heavy atom. The van der Waals surface area contributed by atoms with Crippen LogP contribution < -0.4 is 10.1 Å². The van der Waals surface area contributed by atoms with Crippen molar-refractivity contribution < 1.29 is 14.3 Å². The molecule has 2 heterocycles. The molecule has 98 valence electrons. The highest BCUT2D eigenvalue weighted by Crippen LogP contribution is 2.36. The SMILES string of the molecule is COCCC1Oc2c(cnc3ccccc23)NC1=O. The summed E-state index contributed by atoms with van der Waals surface area (Å²) in [7, 11) is 1.61. The van der Waals surface area contributed by atoms with E-state index in [-0.39, 0.29) is 5.91 Å². The number of carbonyl (C=O) groups excluding carboxylic acids is 1. The van der Waals surface area contributed by atoms with Gasteiger partial charge >= 0.3 is 0 Å². The number of methoxy groups -OCH3 is 1. The van der Waals surface area contributed by atoms with Gasteiger partial charge in [0.1, 0.15) is 5.69 Å². The van der Waals surface area contributed by atoms with Crippen molar-refractivity contribution in [3.05, 3.63) is 30.5 Å². The normalized spacial score (nSPS) is 17.7. The maximum Gasteiger partial charge on any atom is 0.265 e. The second-order valence-corrected chi connectivity index (χ2v) is 4.40. The van der Waals surface area contributed by atoms with Gasteiger partial charge in [0.05, 0.1) is 18.3 Å². The van der Waals surface area contributed by atoms with Gasteiger partial charge in [-0.15, -0.1) is 0 Å². The molecule has 0 fully saturated rings. The number of hydrogen-bond acceptors (Lipinski definition) is 4. The molecule has 0 aliphatic carbocycles. The molecule has 1 aliphatic rings. The van der Waals surface area contributed by atoms with Crippen LogP contribution >= 0.6 is 0 Å². The second kappa shape index (κ2) is 4.85. The number of rotatable bonds is 3. The van der Waals surface area contributed by atoms with Crippen molar-refractivity contribution in [2.45, 2.75) is 12.5 Å². The number of aromatic nitrogens is 1. The minimum atomic E-state index is -0.516. The van der Waals surface area contributed by atoms with E-state index in [4.69, 9.17) is 9.47 Å². The van der Waals surface area contributed by atoms with Crippen LogP contribution in [-0.2, 0) is 9.53 Å². The molecule has 19 heavy (non-hydrogen) atoms. The smallest absolute Gasteiger partial charge is 0.265 e. The van der Waals surface area contributed by atoms with E-state index in [0.717, 1.165) is 10.9 Å². The van der Waals surface area contributed by atoms with E-state index in [9.17, 15) is 4.79 Å². The van der Waals surface area contributed by atoms with Crippen LogP contribution in [0, 0.1) is 0 Å². The Morgan fingerprint density at radius 2 is 2.26 bits per heavy atom. The molecule has 1 aromatic carbocycles. The number of hydrogen-bond donors (Lipinski definition) is 1.